The molecule has 2 aliphatic carbocycles. The quantitative estimate of drug-likeness (QED) is 0.517. The van der Waals surface area contributed by atoms with Gasteiger partial charge < -0.3 is 0 Å². The predicted molar refractivity (Wildman–Crippen MR) is 51.1 cm³/mol. The SMILES string of the molecule is C1=CC2CCC1N1C3CCC(C3)N21. The molecular formula is C11H16N2. The van der Waals surface area contributed by atoms with Gasteiger partial charge in [0.15, 0.2) is 0 Å². The molecule has 0 spiro atoms. The highest BCUT2D eigenvalue weighted by Gasteiger charge is 2.52. The summed E-state index contributed by atoms with van der Waals surface area (Å²) >= 11 is 0. The van der Waals surface area contributed by atoms with Gasteiger partial charge in [-0.3, -0.25) is 0 Å². The van der Waals surface area contributed by atoms with Gasteiger partial charge in [0.05, 0.1) is 0 Å². The van der Waals surface area contributed by atoms with Gasteiger partial charge in [-0.2, -0.15) is 0 Å². The van der Waals surface area contributed by atoms with Crippen LogP contribution in [0.2, 0.25) is 0 Å². The molecule has 13 heavy (non-hydrogen) atoms. The lowest BCUT2D eigenvalue weighted by Gasteiger charge is -2.52. The summed E-state index contributed by atoms with van der Waals surface area (Å²) in [5.74, 6) is 0. The van der Waals surface area contributed by atoms with Crippen LogP contribution in [0.4, 0.5) is 0 Å². The zero-order valence-corrected chi connectivity index (χ0v) is 7.89. The fourth-order valence-electron chi connectivity index (χ4n) is 3.91. The number of fused-ring (bicyclic) bond motifs is 3. The van der Waals surface area contributed by atoms with E-state index in [0.29, 0.717) is 0 Å². The van der Waals surface area contributed by atoms with Gasteiger partial charge in [-0.05, 0) is 32.1 Å². The number of hydrazine groups is 1. The molecule has 1 saturated carbocycles. The van der Waals surface area contributed by atoms with Crippen molar-refractivity contribution in [1.29, 1.82) is 0 Å². The summed E-state index contributed by atoms with van der Waals surface area (Å²) in [5, 5.41) is 5.42. The number of rotatable bonds is 0. The first-order chi connectivity index (χ1) is 6.43. The van der Waals surface area contributed by atoms with Crippen LogP contribution in [0.15, 0.2) is 12.2 Å². The van der Waals surface area contributed by atoms with Gasteiger partial charge in [0.2, 0.25) is 0 Å². The Labute approximate surface area is 79.2 Å². The van der Waals surface area contributed by atoms with E-state index in [1.807, 2.05) is 0 Å². The molecule has 3 aliphatic heterocycles. The minimum Gasteiger partial charge on any atom is -0.231 e. The largest absolute Gasteiger partial charge is 0.231 e. The van der Waals surface area contributed by atoms with Crippen molar-refractivity contribution in [3.8, 4) is 0 Å². The van der Waals surface area contributed by atoms with Crippen LogP contribution in [0, 0.1) is 0 Å². The Balaban J connectivity index is 1.80. The third-order valence-electron chi connectivity index (χ3n) is 4.39. The fraction of sp³-hybridized carbons (Fsp3) is 0.818. The van der Waals surface area contributed by atoms with Crippen molar-refractivity contribution >= 4 is 0 Å². The van der Waals surface area contributed by atoms with Gasteiger partial charge in [-0.1, -0.05) is 12.2 Å². The van der Waals surface area contributed by atoms with Crippen LogP contribution < -0.4 is 0 Å². The summed E-state index contributed by atoms with van der Waals surface area (Å²) in [5.41, 5.74) is 0. The molecule has 0 aromatic rings. The molecule has 0 radical (unpaired) electrons. The van der Waals surface area contributed by atoms with E-state index in [0.717, 1.165) is 24.2 Å². The van der Waals surface area contributed by atoms with Crippen molar-refractivity contribution in [2.24, 2.45) is 0 Å². The molecule has 70 valence electrons. The second-order valence-electron chi connectivity index (χ2n) is 4.98. The highest BCUT2D eigenvalue weighted by atomic mass is 15.7. The Hall–Kier alpha value is -0.340. The van der Waals surface area contributed by atoms with Crippen molar-refractivity contribution < 1.29 is 0 Å². The summed E-state index contributed by atoms with van der Waals surface area (Å²) in [6.45, 7) is 0. The average molecular weight is 176 g/mol. The molecule has 4 atom stereocenters. The van der Waals surface area contributed by atoms with Crippen molar-refractivity contribution in [3.63, 3.8) is 0 Å². The van der Waals surface area contributed by atoms with E-state index < -0.39 is 0 Å². The van der Waals surface area contributed by atoms with Crippen molar-refractivity contribution in [2.45, 2.75) is 56.3 Å². The van der Waals surface area contributed by atoms with Crippen LogP contribution in [0.1, 0.15) is 32.1 Å². The molecule has 5 aliphatic rings. The van der Waals surface area contributed by atoms with Crippen molar-refractivity contribution in [3.05, 3.63) is 12.2 Å². The maximum absolute atomic E-state index is 2.71. The molecule has 3 heterocycles. The lowest BCUT2D eigenvalue weighted by atomic mass is 9.92. The van der Waals surface area contributed by atoms with Gasteiger partial charge >= 0.3 is 0 Å². The lowest BCUT2D eigenvalue weighted by molar-refractivity contribution is -0.129. The molecule has 2 saturated heterocycles. The Bertz CT molecular complexity index is 247. The Morgan fingerprint density at radius 3 is 1.77 bits per heavy atom. The Kier molecular flexibility index (Phi) is 1.18. The third-order valence-corrected chi connectivity index (χ3v) is 4.39. The van der Waals surface area contributed by atoms with E-state index in [9.17, 15) is 0 Å². The Morgan fingerprint density at radius 2 is 1.31 bits per heavy atom. The second kappa shape index (κ2) is 2.18. The fourth-order valence-corrected chi connectivity index (χ4v) is 3.91. The van der Waals surface area contributed by atoms with Gasteiger partial charge in [-0.25, -0.2) is 10.0 Å². The summed E-state index contributed by atoms with van der Waals surface area (Å²) in [7, 11) is 0. The van der Waals surface area contributed by atoms with Crippen LogP contribution in [0.25, 0.3) is 0 Å². The number of hydrogen-bond acceptors (Lipinski definition) is 2. The molecular weight excluding hydrogens is 160 g/mol. The summed E-state index contributed by atoms with van der Waals surface area (Å²) in [4.78, 5) is 0. The summed E-state index contributed by atoms with van der Waals surface area (Å²) in [6.07, 6.45) is 12.1. The molecule has 3 fully saturated rings. The highest BCUT2D eigenvalue weighted by molar-refractivity contribution is 5.16. The van der Waals surface area contributed by atoms with E-state index in [2.05, 4.69) is 22.2 Å². The van der Waals surface area contributed by atoms with E-state index in [4.69, 9.17) is 0 Å². The molecule has 5 rings (SSSR count). The molecule has 0 aromatic heterocycles. The van der Waals surface area contributed by atoms with Gasteiger partial charge in [0.25, 0.3) is 0 Å². The van der Waals surface area contributed by atoms with Crippen LogP contribution >= 0.6 is 0 Å². The van der Waals surface area contributed by atoms with Crippen LogP contribution in [0.3, 0.4) is 0 Å². The maximum Gasteiger partial charge on any atom is 0.0430 e. The van der Waals surface area contributed by atoms with Gasteiger partial charge in [0.1, 0.15) is 0 Å². The van der Waals surface area contributed by atoms with E-state index in [1.165, 1.54) is 32.1 Å². The normalized spacial score (nSPS) is 53.2. The minimum absolute atomic E-state index is 0.764. The topological polar surface area (TPSA) is 6.48 Å². The van der Waals surface area contributed by atoms with Gasteiger partial charge in [-0.15, -0.1) is 0 Å². The molecule has 2 nitrogen and oxygen atoms in total. The first-order valence-corrected chi connectivity index (χ1v) is 5.68. The minimum atomic E-state index is 0.764. The van der Waals surface area contributed by atoms with Crippen LogP contribution in [-0.4, -0.2) is 34.2 Å². The highest BCUT2D eigenvalue weighted by Crippen LogP contribution is 2.46. The third kappa shape index (κ3) is 0.728. The van der Waals surface area contributed by atoms with E-state index >= 15 is 0 Å². The van der Waals surface area contributed by atoms with Crippen molar-refractivity contribution in [1.82, 2.24) is 10.0 Å². The summed E-state index contributed by atoms with van der Waals surface area (Å²) in [6, 6.07) is 3.34. The second-order valence-corrected chi connectivity index (χ2v) is 4.98. The van der Waals surface area contributed by atoms with Crippen LogP contribution in [-0.2, 0) is 0 Å². The van der Waals surface area contributed by atoms with E-state index in [-0.39, 0.29) is 0 Å². The molecule has 4 unspecified atom stereocenters. The summed E-state index contributed by atoms with van der Waals surface area (Å²) < 4.78 is 0. The van der Waals surface area contributed by atoms with E-state index in [1.54, 1.807) is 0 Å². The monoisotopic (exact) mass is 176 g/mol. The van der Waals surface area contributed by atoms with Crippen LogP contribution in [0.5, 0.6) is 0 Å². The smallest absolute Gasteiger partial charge is 0.0430 e. The Morgan fingerprint density at radius 1 is 0.769 bits per heavy atom. The molecule has 4 bridgehead atoms. The molecule has 2 heteroatoms. The van der Waals surface area contributed by atoms with Crippen molar-refractivity contribution in [2.75, 3.05) is 0 Å². The average Bonchev–Trinajstić information content (AvgIpc) is 2.80. The zero-order chi connectivity index (χ0) is 8.41. The maximum atomic E-state index is 2.71. The molecule has 0 amide bonds. The number of nitrogens with zero attached hydrogens (tertiary/aromatic N) is 2. The predicted octanol–water partition coefficient (Wildman–Crippen LogP) is 1.54. The molecule has 0 N–H and O–H groups in total. The standard InChI is InChI=1S/C11H16N2/c1-2-9-4-3-8(1)12-10-5-6-11(7-10)13(9)12/h1-2,8-11H,3-7H2. The van der Waals surface area contributed by atoms with Gasteiger partial charge in [0, 0.05) is 24.2 Å². The first-order valence-electron chi connectivity index (χ1n) is 5.68. The zero-order valence-electron chi connectivity index (χ0n) is 7.89. The lowest BCUT2D eigenvalue weighted by Crippen LogP contribution is -2.61. The number of hydrogen-bond donors (Lipinski definition) is 0. The first kappa shape index (κ1) is 7.02. The molecule has 0 aromatic carbocycles.